The molecule has 2 fully saturated rings. The number of hydrogen-bond donors (Lipinski definition) is 2. The van der Waals surface area contributed by atoms with Gasteiger partial charge in [-0.2, -0.15) is 0 Å². The Morgan fingerprint density at radius 2 is 1.85 bits per heavy atom. The molecule has 2 N–H and O–H groups in total. The van der Waals surface area contributed by atoms with Crippen LogP contribution in [0.3, 0.4) is 0 Å². The molecule has 2 saturated heterocycles. The lowest BCUT2D eigenvalue weighted by atomic mass is 10.0. The third kappa shape index (κ3) is 7.39. The fourth-order valence-corrected chi connectivity index (χ4v) is 7.99. The molecule has 3 aliphatic rings. The standard InChI is InChI=1S/C41H48FN7O6/c1-4-53-19-18-46(3)25-36(50)44-26-10-13-48(23-26)38-31(42)20-29-37-40(38)55-35-21-28-27-8-5-6-9-33(27)54-34(28)22-32(35)49(37)24-30(39(29)51)41(52)43-11-7-12-47-16-14-45(2)15-17-47/h5-6,8-9,20-22,24,26H,4,7,10-19,23,25H2,1-3H3,(H,43,52)(H,44,50)/t26-/m1/s1. The van der Waals surface area contributed by atoms with Crippen LogP contribution in [0.4, 0.5) is 10.1 Å². The number of hydrogen-bond acceptors (Lipinski definition) is 10. The first kappa shape index (κ1) is 36.9. The molecule has 0 bridgehead atoms. The van der Waals surface area contributed by atoms with Crippen molar-refractivity contribution in [3.05, 3.63) is 70.3 Å². The number of aromatic nitrogens is 1. The minimum atomic E-state index is -0.642. The van der Waals surface area contributed by atoms with Crippen molar-refractivity contribution < 1.29 is 27.9 Å². The fourth-order valence-electron chi connectivity index (χ4n) is 7.99. The molecule has 13 nitrogen and oxygen atoms in total. The van der Waals surface area contributed by atoms with Crippen molar-refractivity contribution in [1.82, 2.24) is 29.9 Å². The molecule has 3 aliphatic heterocycles. The first-order valence-corrected chi connectivity index (χ1v) is 19.2. The van der Waals surface area contributed by atoms with Gasteiger partial charge in [0.1, 0.15) is 27.9 Å². The Kier molecular flexibility index (Phi) is 10.5. The van der Waals surface area contributed by atoms with E-state index in [0.29, 0.717) is 73.9 Å². The number of anilines is 1. The van der Waals surface area contributed by atoms with Crippen LogP contribution >= 0.6 is 0 Å². The van der Waals surface area contributed by atoms with Crippen molar-refractivity contribution in [1.29, 1.82) is 0 Å². The highest BCUT2D eigenvalue weighted by atomic mass is 19.1. The summed E-state index contributed by atoms with van der Waals surface area (Å²) in [6.07, 6.45) is 2.88. The number of carbonyl (C=O) groups is 2. The van der Waals surface area contributed by atoms with Gasteiger partial charge in [0, 0.05) is 88.0 Å². The number of ether oxygens (including phenoxy) is 2. The number of amides is 2. The molecule has 2 amide bonds. The Balaban J connectivity index is 1.11. The summed E-state index contributed by atoms with van der Waals surface area (Å²) in [5.74, 6) is -0.655. The third-order valence-electron chi connectivity index (χ3n) is 11.0. The molecular weight excluding hydrogens is 705 g/mol. The molecule has 5 heterocycles. The Hall–Kier alpha value is -5.02. The molecule has 0 saturated carbocycles. The van der Waals surface area contributed by atoms with Gasteiger partial charge in [-0.3, -0.25) is 19.3 Å². The molecular formula is C41H48FN7O6. The van der Waals surface area contributed by atoms with E-state index in [4.69, 9.17) is 13.9 Å². The average molecular weight is 754 g/mol. The highest BCUT2D eigenvalue weighted by Crippen LogP contribution is 2.49. The number of likely N-dealkylation sites (N-methyl/N-ethyl adjacent to an activating group) is 2. The third-order valence-corrected chi connectivity index (χ3v) is 11.0. The minimum absolute atomic E-state index is 0.0378. The van der Waals surface area contributed by atoms with E-state index < -0.39 is 17.2 Å². The van der Waals surface area contributed by atoms with Crippen LogP contribution in [0.25, 0.3) is 38.5 Å². The lowest BCUT2D eigenvalue weighted by Gasteiger charge is -2.32. The molecule has 0 spiro atoms. The van der Waals surface area contributed by atoms with E-state index in [1.54, 1.807) is 4.57 Å². The smallest absolute Gasteiger partial charge is 0.256 e. The number of pyridine rings is 1. The van der Waals surface area contributed by atoms with Gasteiger partial charge in [-0.15, -0.1) is 0 Å². The Bertz CT molecular complexity index is 2320. The summed E-state index contributed by atoms with van der Waals surface area (Å²) in [7, 11) is 3.98. The molecule has 8 rings (SSSR count). The van der Waals surface area contributed by atoms with Gasteiger partial charge in [0.25, 0.3) is 5.91 Å². The van der Waals surface area contributed by atoms with Gasteiger partial charge in [0.2, 0.25) is 11.3 Å². The number of rotatable bonds is 13. The molecule has 2 aromatic heterocycles. The van der Waals surface area contributed by atoms with Crippen molar-refractivity contribution in [2.45, 2.75) is 25.8 Å². The van der Waals surface area contributed by atoms with Crippen LogP contribution in [0.15, 0.2) is 57.9 Å². The lowest BCUT2D eigenvalue weighted by molar-refractivity contribution is -0.122. The highest BCUT2D eigenvalue weighted by molar-refractivity contribution is 6.07. The molecule has 0 unspecified atom stereocenters. The summed E-state index contributed by atoms with van der Waals surface area (Å²) < 4.78 is 36.5. The fraction of sp³-hybridized carbons (Fsp3) is 0.439. The predicted molar refractivity (Wildman–Crippen MR) is 210 cm³/mol. The zero-order valence-electron chi connectivity index (χ0n) is 31.7. The second kappa shape index (κ2) is 15.6. The van der Waals surface area contributed by atoms with Crippen molar-refractivity contribution in [3.63, 3.8) is 0 Å². The van der Waals surface area contributed by atoms with E-state index >= 15 is 4.39 Å². The van der Waals surface area contributed by atoms with Crippen LogP contribution < -0.4 is 25.7 Å². The van der Waals surface area contributed by atoms with Crippen LogP contribution in [-0.4, -0.2) is 130 Å². The van der Waals surface area contributed by atoms with Gasteiger partial charge in [0.05, 0.1) is 24.2 Å². The Labute approximate surface area is 318 Å². The van der Waals surface area contributed by atoms with Gasteiger partial charge in [-0.1, -0.05) is 18.2 Å². The first-order chi connectivity index (χ1) is 26.7. The number of halogens is 1. The number of fused-ring (bicyclic) bond motifs is 5. The molecule has 0 radical (unpaired) electrons. The summed E-state index contributed by atoms with van der Waals surface area (Å²) in [6, 6.07) is 12.4. The number of carbonyl (C=O) groups excluding carboxylic acids is 2. The van der Waals surface area contributed by atoms with Crippen LogP contribution in [-0.2, 0) is 9.53 Å². The maximum absolute atomic E-state index is 16.5. The lowest BCUT2D eigenvalue weighted by Crippen LogP contribution is -2.45. The van der Waals surface area contributed by atoms with Gasteiger partial charge in [0.15, 0.2) is 17.3 Å². The number of para-hydroxylation sites is 1. The van der Waals surface area contributed by atoms with Crippen LogP contribution in [0, 0.1) is 5.82 Å². The van der Waals surface area contributed by atoms with Crippen LogP contribution in [0.2, 0.25) is 0 Å². The molecule has 290 valence electrons. The number of benzene rings is 3. The second-order valence-electron chi connectivity index (χ2n) is 14.9. The van der Waals surface area contributed by atoms with Gasteiger partial charge in [-0.25, -0.2) is 4.39 Å². The van der Waals surface area contributed by atoms with Gasteiger partial charge < -0.3 is 43.8 Å². The van der Waals surface area contributed by atoms with Crippen molar-refractivity contribution in [2.24, 2.45) is 0 Å². The largest absolute Gasteiger partial charge is 0.456 e. The number of nitrogens with one attached hydrogen (secondary N) is 2. The van der Waals surface area contributed by atoms with E-state index in [2.05, 4.69) is 27.5 Å². The molecule has 1 atom stereocenters. The van der Waals surface area contributed by atoms with Crippen molar-refractivity contribution >= 4 is 50.3 Å². The summed E-state index contributed by atoms with van der Waals surface area (Å²) in [5.41, 5.74) is 1.78. The number of nitrogens with zero attached hydrogens (tertiary/aromatic N) is 5. The van der Waals surface area contributed by atoms with Crippen molar-refractivity contribution in [3.8, 4) is 17.2 Å². The van der Waals surface area contributed by atoms with Crippen molar-refractivity contribution in [2.75, 3.05) is 97.7 Å². The minimum Gasteiger partial charge on any atom is -0.456 e. The number of piperazine rings is 1. The molecule has 55 heavy (non-hydrogen) atoms. The van der Waals surface area contributed by atoms with E-state index in [1.165, 1.54) is 12.3 Å². The molecule has 14 heteroatoms. The first-order valence-electron chi connectivity index (χ1n) is 19.2. The quantitative estimate of drug-likeness (QED) is 0.166. The summed E-state index contributed by atoms with van der Waals surface area (Å²) >= 11 is 0. The van der Waals surface area contributed by atoms with E-state index in [9.17, 15) is 14.4 Å². The van der Waals surface area contributed by atoms with E-state index in [-0.39, 0.29) is 40.9 Å². The molecule has 0 aliphatic carbocycles. The topological polar surface area (TPSA) is 125 Å². The van der Waals surface area contributed by atoms with Crippen LogP contribution in [0.5, 0.6) is 11.5 Å². The zero-order valence-corrected chi connectivity index (χ0v) is 31.7. The monoisotopic (exact) mass is 753 g/mol. The van der Waals surface area contributed by atoms with Crippen LogP contribution in [0.1, 0.15) is 30.1 Å². The Morgan fingerprint density at radius 1 is 1.04 bits per heavy atom. The van der Waals surface area contributed by atoms with Gasteiger partial charge in [-0.05, 0) is 58.6 Å². The summed E-state index contributed by atoms with van der Waals surface area (Å²) in [5, 5.41) is 7.80. The average Bonchev–Trinajstić information content (AvgIpc) is 3.78. The molecule has 3 aromatic carbocycles. The Morgan fingerprint density at radius 3 is 2.67 bits per heavy atom. The number of furan rings is 1. The normalized spacial score (nSPS) is 17.3. The van der Waals surface area contributed by atoms with E-state index in [0.717, 1.165) is 49.9 Å². The highest BCUT2D eigenvalue weighted by Gasteiger charge is 2.34. The summed E-state index contributed by atoms with van der Waals surface area (Å²) in [6.45, 7) is 9.98. The zero-order chi connectivity index (χ0) is 38.2. The predicted octanol–water partition coefficient (Wildman–Crippen LogP) is 4.17. The maximum Gasteiger partial charge on any atom is 0.256 e. The van der Waals surface area contributed by atoms with E-state index in [1.807, 2.05) is 60.2 Å². The summed E-state index contributed by atoms with van der Waals surface area (Å²) in [4.78, 5) is 49.1. The maximum atomic E-state index is 16.5. The SMILES string of the molecule is CCOCCN(C)CC(=O)N[C@@H]1CCN(c2c(F)cc3c(=O)c(C(=O)NCCCN4CCN(C)CC4)cn4c3c2Oc2cc3c(cc2-4)oc2ccccc23)C1. The second-order valence-corrected chi connectivity index (χ2v) is 14.9. The molecule has 5 aromatic rings. The van der Waals surface area contributed by atoms with Gasteiger partial charge >= 0.3 is 0 Å².